The first kappa shape index (κ1) is 12.4. The molecule has 0 spiro atoms. The Kier molecular flexibility index (Phi) is 3.13. The Labute approximate surface area is 105 Å². The van der Waals surface area contributed by atoms with Crippen molar-refractivity contribution in [1.82, 2.24) is 4.90 Å². The van der Waals surface area contributed by atoms with Crippen molar-refractivity contribution in [3.63, 3.8) is 0 Å². The molecule has 2 rings (SSSR count). The van der Waals surface area contributed by atoms with Gasteiger partial charge in [-0.2, -0.15) is 0 Å². The number of carbonyl (C=O) groups excluding carboxylic acids is 1. The Balaban J connectivity index is 2.34. The Morgan fingerprint density at radius 2 is 2.18 bits per heavy atom. The summed E-state index contributed by atoms with van der Waals surface area (Å²) >= 11 is 5.80. The van der Waals surface area contributed by atoms with Crippen LogP contribution in [0.1, 0.15) is 37.0 Å². The maximum absolute atomic E-state index is 13.6. The summed E-state index contributed by atoms with van der Waals surface area (Å²) in [5.41, 5.74) is -0.140. The van der Waals surface area contributed by atoms with E-state index in [9.17, 15) is 9.18 Å². The SMILES string of the molecule is CC1(C)CCCN1C(=O)c1cc(Cl)ccc1F. The summed E-state index contributed by atoms with van der Waals surface area (Å²) in [6, 6.07) is 4.08. The molecule has 0 atom stereocenters. The van der Waals surface area contributed by atoms with Crippen molar-refractivity contribution in [3.8, 4) is 0 Å². The zero-order valence-corrected chi connectivity index (χ0v) is 10.7. The fourth-order valence-electron chi connectivity index (χ4n) is 2.29. The molecule has 1 aromatic carbocycles. The van der Waals surface area contributed by atoms with Gasteiger partial charge in [0.05, 0.1) is 5.56 Å². The van der Waals surface area contributed by atoms with Crippen molar-refractivity contribution in [2.45, 2.75) is 32.2 Å². The van der Waals surface area contributed by atoms with Gasteiger partial charge in [0.2, 0.25) is 0 Å². The molecule has 1 amide bonds. The normalized spacial score (nSPS) is 18.5. The molecule has 2 nitrogen and oxygen atoms in total. The molecule has 0 aliphatic carbocycles. The van der Waals surface area contributed by atoms with Gasteiger partial charge in [-0.05, 0) is 44.9 Å². The minimum absolute atomic E-state index is 0.0625. The Hall–Kier alpha value is -1.09. The summed E-state index contributed by atoms with van der Waals surface area (Å²) in [6.07, 6.45) is 1.90. The van der Waals surface area contributed by atoms with Gasteiger partial charge in [0.1, 0.15) is 5.82 Å². The number of carbonyl (C=O) groups is 1. The Bertz CT molecular complexity index is 459. The third-order valence-corrected chi connectivity index (χ3v) is 3.54. The van der Waals surface area contributed by atoms with Gasteiger partial charge in [-0.15, -0.1) is 0 Å². The van der Waals surface area contributed by atoms with E-state index in [1.165, 1.54) is 18.2 Å². The fourth-order valence-corrected chi connectivity index (χ4v) is 2.46. The predicted octanol–water partition coefficient (Wildman–Crippen LogP) is 3.49. The van der Waals surface area contributed by atoms with Crippen LogP contribution in [0.2, 0.25) is 5.02 Å². The zero-order chi connectivity index (χ0) is 12.6. The van der Waals surface area contributed by atoms with Crippen LogP contribution in [0.15, 0.2) is 18.2 Å². The molecular weight excluding hydrogens is 241 g/mol. The topological polar surface area (TPSA) is 20.3 Å². The minimum Gasteiger partial charge on any atom is -0.333 e. The predicted molar refractivity (Wildman–Crippen MR) is 65.8 cm³/mol. The highest BCUT2D eigenvalue weighted by Gasteiger charge is 2.36. The maximum Gasteiger partial charge on any atom is 0.257 e. The largest absolute Gasteiger partial charge is 0.333 e. The molecule has 1 heterocycles. The molecule has 1 fully saturated rings. The van der Waals surface area contributed by atoms with Gasteiger partial charge >= 0.3 is 0 Å². The van der Waals surface area contributed by atoms with Gasteiger partial charge in [-0.3, -0.25) is 4.79 Å². The number of hydrogen-bond donors (Lipinski definition) is 0. The lowest BCUT2D eigenvalue weighted by Crippen LogP contribution is -2.42. The van der Waals surface area contributed by atoms with Crippen LogP contribution in [0.4, 0.5) is 4.39 Å². The summed E-state index contributed by atoms with van der Waals surface area (Å²) in [4.78, 5) is 14.0. The highest BCUT2D eigenvalue weighted by molar-refractivity contribution is 6.31. The van der Waals surface area contributed by atoms with Crippen LogP contribution in [0.5, 0.6) is 0 Å². The van der Waals surface area contributed by atoms with Crippen molar-refractivity contribution in [2.75, 3.05) is 6.54 Å². The van der Waals surface area contributed by atoms with E-state index in [4.69, 9.17) is 11.6 Å². The molecule has 1 aliphatic heterocycles. The number of rotatable bonds is 1. The molecule has 1 saturated heterocycles. The van der Waals surface area contributed by atoms with Crippen molar-refractivity contribution < 1.29 is 9.18 Å². The fraction of sp³-hybridized carbons (Fsp3) is 0.462. The van der Waals surface area contributed by atoms with E-state index in [2.05, 4.69) is 0 Å². The standard InChI is InChI=1S/C13H15ClFNO/c1-13(2)6-3-7-16(13)12(17)10-8-9(14)4-5-11(10)15/h4-5,8H,3,6-7H2,1-2H3. The van der Waals surface area contributed by atoms with E-state index in [0.717, 1.165) is 12.8 Å². The lowest BCUT2D eigenvalue weighted by atomic mass is 10.0. The summed E-state index contributed by atoms with van der Waals surface area (Å²) in [5.74, 6) is -0.783. The van der Waals surface area contributed by atoms with Crippen LogP contribution in [0.3, 0.4) is 0 Å². The maximum atomic E-state index is 13.6. The van der Waals surface area contributed by atoms with Gasteiger partial charge in [0.25, 0.3) is 5.91 Å². The average Bonchev–Trinajstić information content (AvgIpc) is 2.61. The van der Waals surface area contributed by atoms with Crippen LogP contribution in [-0.4, -0.2) is 22.9 Å². The average molecular weight is 256 g/mol. The van der Waals surface area contributed by atoms with E-state index >= 15 is 0 Å². The van der Waals surface area contributed by atoms with Crippen LogP contribution in [-0.2, 0) is 0 Å². The van der Waals surface area contributed by atoms with Crippen LogP contribution < -0.4 is 0 Å². The smallest absolute Gasteiger partial charge is 0.257 e. The molecule has 92 valence electrons. The molecule has 0 aromatic heterocycles. The van der Waals surface area contributed by atoms with Crippen LogP contribution in [0.25, 0.3) is 0 Å². The van der Waals surface area contributed by atoms with E-state index in [0.29, 0.717) is 11.6 Å². The molecular formula is C13H15ClFNO. The third-order valence-electron chi connectivity index (χ3n) is 3.30. The van der Waals surface area contributed by atoms with E-state index in [-0.39, 0.29) is 17.0 Å². The quantitative estimate of drug-likeness (QED) is 0.752. The monoisotopic (exact) mass is 255 g/mol. The lowest BCUT2D eigenvalue weighted by molar-refractivity contribution is 0.0647. The second-order valence-corrected chi connectivity index (χ2v) is 5.43. The van der Waals surface area contributed by atoms with Gasteiger partial charge in [0, 0.05) is 17.1 Å². The number of nitrogens with zero attached hydrogens (tertiary/aromatic N) is 1. The lowest BCUT2D eigenvalue weighted by Gasteiger charge is -2.31. The second kappa shape index (κ2) is 4.30. The molecule has 0 N–H and O–H groups in total. The zero-order valence-electron chi connectivity index (χ0n) is 9.96. The molecule has 1 aromatic rings. The molecule has 0 radical (unpaired) electrons. The van der Waals surface area contributed by atoms with Crippen LogP contribution in [0, 0.1) is 5.82 Å². The number of hydrogen-bond acceptors (Lipinski definition) is 1. The number of likely N-dealkylation sites (tertiary alicyclic amines) is 1. The Morgan fingerprint density at radius 3 is 2.76 bits per heavy atom. The number of benzene rings is 1. The molecule has 17 heavy (non-hydrogen) atoms. The Morgan fingerprint density at radius 1 is 1.47 bits per heavy atom. The van der Waals surface area contributed by atoms with E-state index in [1.807, 2.05) is 13.8 Å². The van der Waals surface area contributed by atoms with E-state index < -0.39 is 5.82 Å². The van der Waals surface area contributed by atoms with Crippen molar-refractivity contribution in [3.05, 3.63) is 34.6 Å². The second-order valence-electron chi connectivity index (χ2n) is 5.00. The first-order valence-electron chi connectivity index (χ1n) is 5.69. The van der Waals surface area contributed by atoms with Gasteiger partial charge in [-0.25, -0.2) is 4.39 Å². The molecule has 0 bridgehead atoms. The molecule has 1 aliphatic rings. The van der Waals surface area contributed by atoms with Crippen molar-refractivity contribution in [2.24, 2.45) is 0 Å². The third kappa shape index (κ3) is 2.29. The van der Waals surface area contributed by atoms with Gasteiger partial charge in [-0.1, -0.05) is 11.6 Å². The van der Waals surface area contributed by atoms with Gasteiger partial charge in [0.15, 0.2) is 0 Å². The summed E-state index contributed by atoms with van der Waals surface area (Å²) in [7, 11) is 0. The summed E-state index contributed by atoms with van der Waals surface area (Å²) < 4.78 is 13.6. The minimum atomic E-state index is -0.512. The number of halogens is 2. The first-order valence-corrected chi connectivity index (χ1v) is 6.07. The molecule has 0 saturated carbocycles. The highest BCUT2D eigenvalue weighted by atomic mass is 35.5. The van der Waals surface area contributed by atoms with E-state index in [1.54, 1.807) is 4.90 Å². The summed E-state index contributed by atoms with van der Waals surface area (Å²) in [5, 5.41) is 0.381. The highest BCUT2D eigenvalue weighted by Crippen LogP contribution is 2.30. The molecule has 0 unspecified atom stereocenters. The van der Waals surface area contributed by atoms with Crippen molar-refractivity contribution >= 4 is 17.5 Å². The van der Waals surface area contributed by atoms with Gasteiger partial charge < -0.3 is 4.90 Å². The first-order chi connectivity index (χ1) is 7.92. The summed E-state index contributed by atoms with van der Waals surface area (Å²) in [6.45, 7) is 4.68. The molecule has 4 heteroatoms. The number of amides is 1. The van der Waals surface area contributed by atoms with Crippen molar-refractivity contribution in [1.29, 1.82) is 0 Å². The van der Waals surface area contributed by atoms with Crippen LogP contribution >= 0.6 is 11.6 Å².